The molecular formula is C16H18ClNO6. The van der Waals surface area contributed by atoms with Gasteiger partial charge in [0.2, 0.25) is 5.75 Å². The minimum Gasteiger partial charge on any atom is -0.493 e. The van der Waals surface area contributed by atoms with Crippen LogP contribution in [0.25, 0.3) is 0 Å². The van der Waals surface area contributed by atoms with Crippen LogP contribution >= 0.6 is 11.6 Å². The van der Waals surface area contributed by atoms with E-state index in [9.17, 15) is 19.7 Å². The third-order valence-corrected chi connectivity index (χ3v) is 4.46. The first-order chi connectivity index (χ1) is 11.4. The average molecular weight is 356 g/mol. The number of Topliss-reactive ketones (excluding diaryl/α,β-unsaturated/α-hetero) is 1. The monoisotopic (exact) mass is 355 g/mol. The smallest absolute Gasteiger partial charge is 0.326 e. The van der Waals surface area contributed by atoms with E-state index in [1.807, 2.05) is 0 Å². The Balaban J connectivity index is 2.72. The SMILES string of the molecule is COc1cc(C(=O)Cl)c(C(=O)C2CCCCC2)c([N+](=O)[O-])c1OC. The molecule has 0 aliphatic heterocycles. The highest BCUT2D eigenvalue weighted by atomic mass is 35.5. The molecule has 24 heavy (non-hydrogen) atoms. The number of halogens is 1. The molecule has 0 N–H and O–H groups in total. The number of carbonyl (C=O) groups is 2. The van der Waals surface area contributed by atoms with Crippen molar-refractivity contribution in [1.29, 1.82) is 0 Å². The second kappa shape index (κ2) is 7.61. The van der Waals surface area contributed by atoms with E-state index in [0.29, 0.717) is 12.8 Å². The zero-order valence-corrected chi connectivity index (χ0v) is 14.2. The van der Waals surface area contributed by atoms with E-state index in [0.717, 1.165) is 19.3 Å². The van der Waals surface area contributed by atoms with Gasteiger partial charge in [-0.05, 0) is 30.5 Å². The van der Waals surface area contributed by atoms with Gasteiger partial charge in [0.25, 0.3) is 5.24 Å². The Labute approximate surface area is 144 Å². The standard InChI is InChI=1S/C16H18ClNO6/c1-23-11-8-10(16(17)20)12(13(18(21)22)15(11)24-2)14(19)9-6-4-3-5-7-9/h8-9H,3-7H2,1-2H3. The molecule has 1 aromatic carbocycles. The molecule has 7 nitrogen and oxygen atoms in total. The van der Waals surface area contributed by atoms with Gasteiger partial charge in [-0.2, -0.15) is 0 Å². The largest absolute Gasteiger partial charge is 0.493 e. The van der Waals surface area contributed by atoms with Crippen LogP contribution in [0.4, 0.5) is 5.69 Å². The molecule has 8 heteroatoms. The Morgan fingerprint density at radius 3 is 2.29 bits per heavy atom. The fraction of sp³-hybridized carbons (Fsp3) is 0.500. The number of methoxy groups -OCH3 is 2. The Hall–Kier alpha value is -2.15. The van der Waals surface area contributed by atoms with Crippen LogP contribution in [-0.2, 0) is 0 Å². The van der Waals surface area contributed by atoms with Gasteiger partial charge in [-0.1, -0.05) is 19.3 Å². The van der Waals surface area contributed by atoms with Crippen molar-refractivity contribution >= 4 is 28.3 Å². The fourth-order valence-electron chi connectivity index (χ4n) is 3.12. The van der Waals surface area contributed by atoms with Crippen molar-refractivity contribution in [3.63, 3.8) is 0 Å². The minimum atomic E-state index is -0.946. The minimum absolute atomic E-state index is 0.0200. The molecule has 0 spiro atoms. The van der Waals surface area contributed by atoms with Crippen LogP contribution < -0.4 is 9.47 Å². The number of hydrogen-bond donors (Lipinski definition) is 0. The van der Waals surface area contributed by atoms with Crippen LogP contribution in [0.5, 0.6) is 11.5 Å². The molecule has 1 aliphatic rings. The number of ketones is 1. The van der Waals surface area contributed by atoms with Gasteiger partial charge in [0.15, 0.2) is 11.5 Å². The van der Waals surface area contributed by atoms with E-state index in [4.69, 9.17) is 21.1 Å². The van der Waals surface area contributed by atoms with Crippen LogP contribution in [0.3, 0.4) is 0 Å². The predicted molar refractivity (Wildman–Crippen MR) is 87.3 cm³/mol. The van der Waals surface area contributed by atoms with Crippen molar-refractivity contribution in [2.45, 2.75) is 32.1 Å². The van der Waals surface area contributed by atoms with Crippen molar-refractivity contribution in [3.05, 3.63) is 27.3 Å². The maximum Gasteiger partial charge on any atom is 0.326 e. The first-order valence-electron chi connectivity index (χ1n) is 7.59. The number of rotatable bonds is 6. The maximum absolute atomic E-state index is 12.9. The lowest BCUT2D eigenvalue weighted by Crippen LogP contribution is -2.21. The van der Waals surface area contributed by atoms with Gasteiger partial charge in [-0.25, -0.2) is 0 Å². The molecular weight excluding hydrogens is 338 g/mol. The lowest BCUT2D eigenvalue weighted by molar-refractivity contribution is -0.386. The van der Waals surface area contributed by atoms with E-state index < -0.39 is 21.6 Å². The normalized spacial score (nSPS) is 15.0. The summed E-state index contributed by atoms with van der Waals surface area (Å²) in [5.74, 6) is -1.01. The summed E-state index contributed by atoms with van der Waals surface area (Å²) in [5, 5.41) is 10.6. The van der Waals surface area contributed by atoms with Crippen molar-refractivity contribution in [3.8, 4) is 11.5 Å². The molecule has 0 amide bonds. The number of nitro benzene ring substituents is 1. The Morgan fingerprint density at radius 2 is 1.83 bits per heavy atom. The first-order valence-corrected chi connectivity index (χ1v) is 7.97. The summed E-state index contributed by atoms with van der Waals surface area (Å²) in [6.07, 6.45) is 4.06. The fourth-order valence-corrected chi connectivity index (χ4v) is 3.27. The van der Waals surface area contributed by atoms with Gasteiger partial charge in [-0.15, -0.1) is 0 Å². The highest BCUT2D eigenvalue weighted by Gasteiger charge is 2.37. The topological polar surface area (TPSA) is 95.7 Å². The zero-order valence-electron chi connectivity index (χ0n) is 13.5. The summed E-state index contributed by atoms with van der Waals surface area (Å²) in [4.78, 5) is 35.6. The van der Waals surface area contributed by atoms with Crippen LogP contribution in [0, 0.1) is 16.0 Å². The molecule has 0 unspecified atom stereocenters. The Kier molecular flexibility index (Phi) is 5.77. The van der Waals surface area contributed by atoms with Gasteiger partial charge < -0.3 is 9.47 Å². The summed E-state index contributed by atoms with van der Waals surface area (Å²) in [6, 6.07) is 1.22. The second-order valence-electron chi connectivity index (χ2n) is 5.61. The molecule has 1 saturated carbocycles. The van der Waals surface area contributed by atoms with E-state index in [2.05, 4.69) is 0 Å². The van der Waals surface area contributed by atoms with Crippen molar-refractivity contribution in [2.75, 3.05) is 14.2 Å². The number of nitrogens with zero attached hydrogens (tertiary/aromatic N) is 1. The van der Waals surface area contributed by atoms with E-state index >= 15 is 0 Å². The summed E-state index contributed by atoms with van der Waals surface area (Å²) in [7, 11) is 2.52. The molecule has 0 saturated heterocycles. The molecule has 1 fully saturated rings. The van der Waals surface area contributed by atoms with Gasteiger partial charge in [-0.3, -0.25) is 19.7 Å². The second-order valence-corrected chi connectivity index (χ2v) is 5.96. The number of nitro groups is 1. The van der Waals surface area contributed by atoms with E-state index in [-0.39, 0.29) is 28.5 Å². The van der Waals surface area contributed by atoms with Gasteiger partial charge >= 0.3 is 5.69 Å². The third-order valence-electron chi connectivity index (χ3n) is 4.26. The zero-order chi connectivity index (χ0) is 17.9. The molecule has 0 radical (unpaired) electrons. The van der Waals surface area contributed by atoms with Crippen LogP contribution in [0.15, 0.2) is 6.07 Å². The van der Waals surface area contributed by atoms with E-state index in [1.165, 1.54) is 20.3 Å². The van der Waals surface area contributed by atoms with Gasteiger partial charge in [0, 0.05) is 5.92 Å². The first kappa shape index (κ1) is 18.2. The molecule has 0 bridgehead atoms. The molecule has 1 aromatic rings. The number of carbonyl (C=O) groups excluding carboxylic acids is 2. The molecule has 130 valence electrons. The predicted octanol–water partition coefficient (Wildman–Crippen LogP) is 3.75. The molecule has 1 aliphatic carbocycles. The molecule has 0 heterocycles. The van der Waals surface area contributed by atoms with E-state index in [1.54, 1.807) is 0 Å². The maximum atomic E-state index is 12.9. The Morgan fingerprint density at radius 1 is 1.21 bits per heavy atom. The van der Waals surface area contributed by atoms with Crippen LogP contribution in [0.2, 0.25) is 0 Å². The number of hydrogen-bond acceptors (Lipinski definition) is 6. The number of ether oxygens (including phenoxy) is 2. The van der Waals surface area contributed by atoms with Crippen LogP contribution in [-0.4, -0.2) is 30.2 Å². The van der Waals surface area contributed by atoms with Crippen molar-refractivity contribution < 1.29 is 24.0 Å². The van der Waals surface area contributed by atoms with Gasteiger partial charge in [0.1, 0.15) is 5.56 Å². The van der Waals surface area contributed by atoms with Crippen molar-refractivity contribution in [2.24, 2.45) is 5.92 Å². The third kappa shape index (κ3) is 3.36. The summed E-state index contributed by atoms with van der Waals surface area (Å²) in [6.45, 7) is 0. The van der Waals surface area contributed by atoms with Crippen LogP contribution in [0.1, 0.15) is 52.8 Å². The quantitative estimate of drug-likeness (QED) is 0.333. The van der Waals surface area contributed by atoms with Crippen molar-refractivity contribution in [1.82, 2.24) is 0 Å². The summed E-state index contributed by atoms with van der Waals surface area (Å²) >= 11 is 5.58. The lowest BCUT2D eigenvalue weighted by atomic mass is 9.82. The Bertz CT molecular complexity index is 682. The molecule has 0 atom stereocenters. The highest BCUT2D eigenvalue weighted by Crippen LogP contribution is 2.44. The summed E-state index contributed by atoms with van der Waals surface area (Å²) in [5.41, 5.74) is -1.09. The lowest BCUT2D eigenvalue weighted by Gasteiger charge is -2.21. The summed E-state index contributed by atoms with van der Waals surface area (Å²) < 4.78 is 10.1. The molecule has 2 rings (SSSR count). The average Bonchev–Trinajstić information content (AvgIpc) is 2.59. The highest BCUT2D eigenvalue weighted by molar-refractivity contribution is 6.68. The molecule has 0 aromatic heterocycles. The van der Waals surface area contributed by atoms with Gasteiger partial charge in [0.05, 0.1) is 24.7 Å². The number of benzene rings is 1.